The molecular formula is C15H19ClN2O2S. The molecule has 4 nitrogen and oxygen atoms in total. The van der Waals surface area contributed by atoms with E-state index < -0.39 is 0 Å². The van der Waals surface area contributed by atoms with E-state index in [2.05, 4.69) is 24.1 Å². The quantitative estimate of drug-likeness (QED) is 0.819. The molecule has 6 heteroatoms. The fraction of sp³-hybridized carbons (Fsp3) is 0.400. The molecule has 0 aliphatic heterocycles. The smallest absolute Gasteiger partial charge is 0.140 e. The van der Waals surface area contributed by atoms with Crippen LogP contribution in [0.1, 0.15) is 30.1 Å². The van der Waals surface area contributed by atoms with Gasteiger partial charge in [-0.2, -0.15) is 0 Å². The van der Waals surface area contributed by atoms with Crippen molar-refractivity contribution in [3.63, 3.8) is 0 Å². The summed E-state index contributed by atoms with van der Waals surface area (Å²) in [7, 11) is 0. The minimum absolute atomic E-state index is 0.0407. The molecule has 2 N–H and O–H groups in total. The molecule has 0 unspecified atom stereocenters. The molecule has 114 valence electrons. The number of benzene rings is 1. The molecule has 2 rings (SSSR count). The lowest BCUT2D eigenvalue weighted by molar-refractivity contribution is 0.274. The highest BCUT2D eigenvalue weighted by Crippen LogP contribution is 2.24. The van der Waals surface area contributed by atoms with E-state index in [1.165, 1.54) is 11.3 Å². The van der Waals surface area contributed by atoms with Crippen molar-refractivity contribution in [1.29, 1.82) is 0 Å². The minimum atomic E-state index is -0.0407. The van der Waals surface area contributed by atoms with Crippen molar-refractivity contribution < 1.29 is 9.84 Å². The molecule has 0 aliphatic rings. The van der Waals surface area contributed by atoms with Gasteiger partial charge in [-0.3, -0.25) is 0 Å². The van der Waals surface area contributed by atoms with Crippen LogP contribution in [0.2, 0.25) is 5.02 Å². The van der Waals surface area contributed by atoms with Crippen molar-refractivity contribution in [2.45, 2.75) is 39.6 Å². The molecule has 0 saturated heterocycles. The summed E-state index contributed by atoms with van der Waals surface area (Å²) in [6.45, 7) is 5.24. The maximum atomic E-state index is 9.01. The third-order valence-electron chi connectivity index (χ3n) is 2.84. The Bertz CT molecular complexity index is 587. The van der Waals surface area contributed by atoms with E-state index in [0.29, 0.717) is 29.9 Å². The summed E-state index contributed by atoms with van der Waals surface area (Å²) in [6.07, 6.45) is 0. The van der Waals surface area contributed by atoms with Crippen LogP contribution in [0.3, 0.4) is 0 Å². The zero-order valence-electron chi connectivity index (χ0n) is 12.1. The largest absolute Gasteiger partial charge is 0.486 e. The van der Waals surface area contributed by atoms with E-state index in [1.54, 1.807) is 0 Å². The van der Waals surface area contributed by atoms with Gasteiger partial charge in [0.05, 0.1) is 12.3 Å². The Morgan fingerprint density at radius 2 is 2.24 bits per heavy atom. The van der Waals surface area contributed by atoms with Crippen molar-refractivity contribution >= 4 is 22.9 Å². The molecule has 0 fully saturated rings. The summed E-state index contributed by atoms with van der Waals surface area (Å²) >= 11 is 7.53. The maximum absolute atomic E-state index is 9.01. The summed E-state index contributed by atoms with van der Waals surface area (Å²) in [5, 5.41) is 15.7. The molecule has 0 radical (unpaired) electrons. The molecule has 0 atom stereocenters. The van der Waals surface area contributed by atoms with E-state index >= 15 is 0 Å². The first-order valence-corrected chi connectivity index (χ1v) is 8.03. The monoisotopic (exact) mass is 326 g/mol. The average molecular weight is 327 g/mol. The number of aliphatic hydroxyl groups is 1. The lowest BCUT2D eigenvalue weighted by Crippen LogP contribution is -2.22. The van der Waals surface area contributed by atoms with Gasteiger partial charge in [-0.15, -0.1) is 11.3 Å². The van der Waals surface area contributed by atoms with Crippen LogP contribution >= 0.6 is 22.9 Å². The standard InChI is InChI=1S/C15H19ClN2O2S/c1-10(2)17-6-11-5-12(16)3-4-14(11)20-8-15-18-13(7-19)9-21-15/h3-5,9-10,17,19H,6-8H2,1-2H3. The van der Waals surface area contributed by atoms with Crippen molar-refractivity contribution in [2.75, 3.05) is 0 Å². The topological polar surface area (TPSA) is 54.4 Å². The van der Waals surface area contributed by atoms with Crippen LogP contribution in [0.5, 0.6) is 5.75 Å². The van der Waals surface area contributed by atoms with Crippen molar-refractivity contribution in [1.82, 2.24) is 10.3 Å². The molecule has 1 aromatic heterocycles. The highest BCUT2D eigenvalue weighted by atomic mass is 35.5. The van der Waals surface area contributed by atoms with Crippen LogP contribution in [-0.4, -0.2) is 16.1 Å². The molecule has 1 heterocycles. The van der Waals surface area contributed by atoms with Gasteiger partial charge in [0.2, 0.25) is 0 Å². The second-order valence-corrected chi connectivity index (χ2v) is 6.35. The summed E-state index contributed by atoms with van der Waals surface area (Å²) in [4.78, 5) is 4.27. The number of hydrogen-bond acceptors (Lipinski definition) is 5. The Balaban J connectivity index is 2.04. The molecular weight excluding hydrogens is 308 g/mol. The first kappa shape index (κ1) is 16.2. The van der Waals surface area contributed by atoms with Crippen LogP contribution in [0.15, 0.2) is 23.6 Å². The van der Waals surface area contributed by atoms with Gasteiger partial charge in [0.15, 0.2) is 0 Å². The number of aliphatic hydroxyl groups excluding tert-OH is 1. The normalized spacial score (nSPS) is 11.1. The molecule has 0 amide bonds. The van der Waals surface area contributed by atoms with Gasteiger partial charge in [0.25, 0.3) is 0 Å². The number of ether oxygens (including phenoxy) is 1. The zero-order chi connectivity index (χ0) is 15.2. The molecule has 0 saturated carbocycles. The first-order chi connectivity index (χ1) is 10.1. The number of nitrogens with one attached hydrogen (secondary N) is 1. The van der Waals surface area contributed by atoms with E-state index in [0.717, 1.165) is 16.3 Å². The van der Waals surface area contributed by atoms with Gasteiger partial charge in [-0.1, -0.05) is 25.4 Å². The molecule has 0 aliphatic carbocycles. The number of hydrogen-bond donors (Lipinski definition) is 2. The molecule has 2 aromatic rings. The van der Waals surface area contributed by atoms with E-state index in [4.69, 9.17) is 21.4 Å². The number of thiazole rings is 1. The lowest BCUT2D eigenvalue weighted by Gasteiger charge is -2.13. The van der Waals surface area contributed by atoms with Crippen LogP contribution in [-0.2, 0) is 19.8 Å². The zero-order valence-corrected chi connectivity index (χ0v) is 13.7. The Hall–Kier alpha value is -1.14. The van der Waals surface area contributed by atoms with Gasteiger partial charge in [0, 0.05) is 28.6 Å². The second-order valence-electron chi connectivity index (χ2n) is 4.97. The molecule has 0 spiro atoms. The highest BCUT2D eigenvalue weighted by molar-refractivity contribution is 7.09. The first-order valence-electron chi connectivity index (χ1n) is 6.77. The van der Waals surface area contributed by atoms with Crippen LogP contribution in [0, 0.1) is 0 Å². The second kappa shape index (κ2) is 7.75. The predicted molar refractivity (Wildman–Crippen MR) is 85.8 cm³/mol. The van der Waals surface area contributed by atoms with Gasteiger partial charge in [-0.25, -0.2) is 4.98 Å². The van der Waals surface area contributed by atoms with Crippen LogP contribution < -0.4 is 10.1 Å². The van der Waals surface area contributed by atoms with Gasteiger partial charge >= 0.3 is 0 Å². The number of aromatic nitrogens is 1. The summed E-state index contributed by atoms with van der Waals surface area (Å²) < 4.78 is 5.84. The predicted octanol–water partition coefficient (Wildman–Crippen LogP) is 3.37. The fourth-order valence-electron chi connectivity index (χ4n) is 1.77. The number of nitrogens with zero attached hydrogens (tertiary/aromatic N) is 1. The van der Waals surface area contributed by atoms with Gasteiger partial charge < -0.3 is 15.2 Å². The third-order valence-corrected chi connectivity index (χ3v) is 3.94. The SMILES string of the molecule is CC(C)NCc1cc(Cl)ccc1OCc1nc(CO)cs1. The Morgan fingerprint density at radius 1 is 1.43 bits per heavy atom. The van der Waals surface area contributed by atoms with Gasteiger partial charge in [0.1, 0.15) is 17.4 Å². The molecule has 0 bridgehead atoms. The lowest BCUT2D eigenvalue weighted by atomic mass is 10.2. The minimum Gasteiger partial charge on any atom is -0.486 e. The fourth-order valence-corrected chi connectivity index (χ4v) is 2.66. The average Bonchev–Trinajstić information content (AvgIpc) is 2.92. The third kappa shape index (κ3) is 4.97. The van der Waals surface area contributed by atoms with Crippen molar-refractivity contribution in [3.8, 4) is 5.75 Å². The van der Waals surface area contributed by atoms with Crippen molar-refractivity contribution in [3.05, 3.63) is 44.9 Å². The molecule has 21 heavy (non-hydrogen) atoms. The number of halogens is 1. The van der Waals surface area contributed by atoms with E-state index in [1.807, 2.05) is 23.6 Å². The Kier molecular flexibility index (Phi) is 5.99. The Morgan fingerprint density at radius 3 is 2.90 bits per heavy atom. The molecule has 1 aromatic carbocycles. The summed E-state index contributed by atoms with van der Waals surface area (Å²) in [5.74, 6) is 0.799. The van der Waals surface area contributed by atoms with Crippen LogP contribution in [0.4, 0.5) is 0 Å². The maximum Gasteiger partial charge on any atom is 0.140 e. The van der Waals surface area contributed by atoms with E-state index in [9.17, 15) is 0 Å². The summed E-state index contributed by atoms with van der Waals surface area (Å²) in [6, 6.07) is 5.99. The van der Waals surface area contributed by atoms with Crippen molar-refractivity contribution in [2.24, 2.45) is 0 Å². The Labute approximate surface area is 133 Å². The summed E-state index contributed by atoms with van der Waals surface area (Å²) in [5.41, 5.74) is 1.70. The number of rotatable bonds is 7. The van der Waals surface area contributed by atoms with E-state index in [-0.39, 0.29) is 6.61 Å². The highest BCUT2D eigenvalue weighted by Gasteiger charge is 2.08. The van der Waals surface area contributed by atoms with Gasteiger partial charge in [-0.05, 0) is 18.2 Å². The van der Waals surface area contributed by atoms with Crippen LogP contribution in [0.25, 0.3) is 0 Å².